The monoisotopic (exact) mass is 651 g/mol. The molecule has 0 N–H and O–H groups in total. The van der Waals surface area contributed by atoms with E-state index in [0.29, 0.717) is 17.5 Å². The zero-order valence-electron chi connectivity index (χ0n) is 27.5. The normalized spacial score (nSPS) is 11.5. The minimum Gasteiger partial charge on any atom is -0.456 e. The van der Waals surface area contributed by atoms with Gasteiger partial charge in [-0.2, -0.15) is 0 Å². The summed E-state index contributed by atoms with van der Waals surface area (Å²) in [5.74, 6) is 1.82. The number of hydrogen-bond donors (Lipinski definition) is 0. The highest BCUT2D eigenvalue weighted by atomic mass is 16.3. The molecule has 0 fully saturated rings. The van der Waals surface area contributed by atoms with Crippen molar-refractivity contribution in [3.8, 4) is 56.4 Å². The Balaban J connectivity index is 1.23. The fourth-order valence-electron chi connectivity index (χ4n) is 7.29. The van der Waals surface area contributed by atoms with Gasteiger partial charge in [0, 0.05) is 27.5 Å². The van der Waals surface area contributed by atoms with Crippen LogP contribution in [0.25, 0.3) is 99.9 Å². The molecule has 10 aromatic rings. The van der Waals surface area contributed by atoms with Crippen LogP contribution in [0.2, 0.25) is 0 Å². The molecule has 10 rings (SSSR count). The Hall–Kier alpha value is -6.91. The molecule has 0 amide bonds. The van der Waals surface area contributed by atoms with E-state index in [4.69, 9.17) is 19.4 Å². The Morgan fingerprint density at radius 2 is 0.863 bits per heavy atom. The zero-order valence-corrected chi connectivity index (χ0v) is 27.5. The van der Waals surface area contributed by atoms with Crippen LogP contribution in [-0.4, -0.2) is 15.0 Å². The Labute approximate surface area is 294 Å². The van der Waals surface area contributed by atoms with E-state index in [9.17, 15) is 0 Å². The van der Waals surface area contributed by atoms with Gasteiger partial charge in [0.2, 0.25) is 0 Å². The molecule has 0 aliphatic heterocycles. The molecule has 4 heteroatoms. The molecular formula is C47H29N3O. The Kier molecular flexibility index (Phi) is 6.78. The third-order valence-corrected chi connectivity index (χ3v) is 9.72. The van der Waals surface area contributed by atoms with Gasteiger partial charge in [-0.3, -0.25) is 0 Å². The largest absolute Gasteiger partial charge is 0.456 e. The van der Waals surface area contributed by atoms with Crippen LogP contribution in [0.15, 0.2) is 180 Å². The highest BCUT2D eigenvalue weighted by molar-refractivity contribution is 6.15. The van der Waals surface area contributed by atoms with Crippen molar-refractivity contribution >= 4 is 43.5 Å². The molecule has 0 bridgehead atoms. The molecule has 0 saturated heterocycles. The minimum atomic E-state index is 0.595. The maximum atomic E-state index is 6.46. The Morgan fingerprint density at radius 3 is 1.65 bits per heavy atom. The van der Waals surface area contributed by atoms with Gasteiger partial charge in [0.1, 0.15) is 11.2 Å². The number of benzene rings is 8. The lowest BCUT2D eigenvalue weighted by Crippen LogP contribution is -2.01. The maximum absolute atomic E-state index is 6.46. The molecular weight excluding hydrogens is 623 g/mol. The van der Waals surface area contributed by atoms with Crippen LogP contribution in [-0.2, 0) is 0 Å². The molecule has 0 aliphatic carbocycles. The van der Waals surface area contributed by atoms with Crippen LogP contribution in [0.5, 0.6) is 0 Å². The van der Waals surface area contributed by atoms with Crippen LogP contribution < -0.4 is 0 Å². The van der Waals surface area contributed by atoms with Crippen molar-refractivity contribution in [3.05, 3.63) is 176 Å². The third-order valence-electron chi connectivity index (χ3n) is 9.72. The highest BCUT2D eigenvalue weighted by Gasteiger charge is 2.20. The number of nitrogens with zero attached hydrogens (tertiary/aromatic N) is 3. The number of rotatable bonds is 5. The van der Waals surface area contributed by atoms with E-state index in [-0.39, 0.29) is 0 Å². The summed E-state index contributed by atoms with van der Waals surface area (Å²) in [6, 6.07) is 61.0. The molecule has 0 saturated carbocycles. The lowest BCUT2D eigenvalue weighted by atomic mass is 9.95. The van der Waals surface area contributed by atoms with E-state index in [2.05, 4.69) is 152 Å². The fraction of sp³-hybridized carbons (Fsp3) is 0. The van der Waals surface area contributed by atoms with Crippen molar-refractivity contribution < 1.29 is 4.42 Å². The average molecular weight is 652 g/mol. The number of furan rings is 1. The van der Waals surface area contributed by atoms with E-state index in [1.165, 1.54) is 11.1 Å². The topological polar surface area (TPSA) is 51.8 Å². The fourth-order valence-corrected chi connectivity index (χ4v) is 7.29. The summed E-state index contributed by atoms with van der Waals surface area (Å²) in [6.07, 6.45) is 0. The second-order valence-corrected chi connectivity index (χ2v) is 12.8. The SMILES string of the molecule is c1ccc(-c2cccc(-c3nc(-c4cccc5c(-c6ccccc6)cccc45)nc(-c4cccc5oc6cc7ccccc7cc6c45)n3)c2)cc1. The average Bonchev–Trinajstić information content (AvgIpc) is 3.57. The summed E-state index contributed by atoms with van der Waals surface area (Å²) in [4.78, 5) is 15.7. The molecule has 0 atom stereocenters. The van der Waals surface area contributed by atoms with Gasteiger partial charge >= 0.3 is 0 Å². The summed E-state index contributed by atoms with van der Waals surface area (Å²) in [6.45, 7) is 0. The van der Waals surface area contributed by atoms with Gasteiger partial charge in [0.15, 0.2) is 17.5 Å². The van der Waals surface area contributed by atoms with E-state index < -0.39 is 0 Å². The Bertz CT molecular complexity index is 2910. The van der Waals surface area contributed by atoms with Crippen molar-refractivity contribution in [2.24, 2.45) is 0 Å². The van der Waals surface area contributed by atoms with E-state index in [0.717, 1.165) is 71.3 Å². The molecule has 0 spiro atoms. The lowest BCUT2D eigenvalue weighted by molar-refractivity contribution is 0.669. The minimum absolute atomic E-state index is 0.595. The van der Waals surface area contributed by atoms with Crippen LogP contribution in [0.4, 0.5) is 0 Å². The standard InChI is InChI=1S/C47H29N3O/c1-3-13-30(14-4-1)32-19-9-20-35(27-32)45-48-46(39-24-11-22-37-36(21-10-23-38(37)39)31-15-5-2-6-16-31)50-47(49-45)40-25-12-26-42-44(40)41-28-33-17-7-8-18-34(33)29-43(41)51-42/h1-29H. The Morgan fingerprint density at radius 1 is 0.314 bits per heavy atom. The molecule has 0 aliphatic rings. The second kappa shape index (κ2) is 11.9. The molecule has 2 aromatic heterocycles. The number of hydrogen-bond acceptors (Lipinski definition) is 4. The molecule has 0 unspecified atom stereocenters. The van der Waals surface area contributed by atoms with Gasteiger partial charge in [-0.05, 0) is 68.1 Å². The van der Waals surface area contributed by atoms with Gasteiger partial charge in [-0.25, -0.2) is 15.0 Å². The van der Waals surface area contributed by atoms with Gasteiger partial charge in [-0.15, -0.1) is 0 Å². The molecule has 8 aromatic carbocycles. The first-order valence-electron chi connectivity index (χ1n) is 17.1. The summed E-state index contributed by atoms with van der Waals surface area (Å²) < 4.78 is 6.46. The predicted molar refractivity (Wildman–Crippen MR) is 209 cm³/mol. The van der Waals surface area contributed by atoms with E-state index in [1.807, 2.05) is 24.3 Å². The number of fused-ring (bicyclic) bond motifs is 5. The summed E-state index contributed by atoms with van der Waals surface area (Å²) in [5.41, 5.74) is 8.97. The van der Waals surface area contributed by atoms with Crippen LogP contribution in [0, 0.1) is 0 Å². The zero-order chi connectivity index (χ0) is 33.7. The van der Waals surface area contributed by atoms with Crippen molar-refractivity contribution in [1.29, 1.82) is 0 Å². The lowest BCUT2D eigenvalue weighted by Gasteiger charge is -2.13. The first-order chi connectivity index (χ1) is 25.3. The van der Waals surface area contributed by atoms with Crippen molar-refractivity contribution in [3.63, 3.8) is 0 Å². The third kappa shape index (κ3) is 5.04. The van der Waals surface area contributed by atoms with Crippen LogP contribution >= 0.6 is 0 Å². The molecule has 4 nitrogen and oxygen atoms in total. The quantitative estimate of drug-likeness (QED) is 0.186. The first kappa shape index (κ1) is 29.0. The molecule has 238 valence electrons. The van der Waals surface area contributed by atoms with Crippen LogP contribution in [0.1, 0.15) is 0 Å². The van der Waals surface area contributed by atoms with Gasteiger partial charge in [0.25, 0.3) is 0 Å². The summed E-state index contributed by atoms with van der Waals surface area (Å²) in [5, 5.41) is 6.54. The van der Waals surface area contributed by atoms with Gasteiger partial charge in [0.05, 0.1) is 0 Å². The highest BCUT2D eigenvalue weighted by Crippen LogP contribution is 2.40. The first-order valence-corrected chi connectivity index (χ1v) is 17.1. The summed E-state index contributed by atoms with van der Waals surface area (Å²) >= 11 is 0. The maximum Gasteiger partial charge on any atom is 0.164 e. The van der Waals surface area contributed by atoms with E-state index >= 15 is 0 Å². The van der Waals surface area contributed by atoms with Crippen molar-refractivity contribution in [2.45, 2.75) is 0 Å². The smallest absolute Gasteiger partial charge is 0.164 e. The van der Waals surface area contributed by atoms with Gasteiger partial charge in [-0.1, -0.05) is 152 Å². The second-order valence-electron chi connectivity index (χ2n) is 12.8. The number of aromatic nitrogens is 3. The van der Waals surface area contributed by atoms with Crippen molar-refractivity contribution in [1.82, 2.24) is 15.0 Å². The molecule has 0 radical (unpaired) electrons. The molecule has 51 heavy (non-hydrogen) atoms. The predicted octanol–water partition coefficient (Wildman–Crippen LogP) is 12.4. The van der Waals surface area contributed by atoms with Crippen LogP contribution in [0.3, 0.4) is 0 Å². The summed E-state index contributed by atoms with van der Waals surface area (Å²) in [7, 11) is 0. The van der Waals surface area contributed by atoms with Gasteiger partial charge < -0.3 is 4.42 Å². The van der Waals surface area contributed by atoms with E-state index in [1.54, 1.807) is 0 Å². The van der Waals surface area contributed by atoms with Crippen molar-refractivity contribution in [2.75, 3.05) is 0 Å². The molecule has 2 heterocycles.